The van der Waals surface area contributed by atoms with Crippen LogP contribution in [0.1, 0.15) is 31.4 Å². The molecule has 2 aromatic rings. The Morgan fingerprint density at radius 3 is 2.35 bits per heavy atom. The Kier molecular flexibility index (Phi) is 2.75. The first-order chi connectivity index (χ1) is 10.9. The highest BCUT2D eigenvalue weighted by Gasteiger charge is 2.76. The Morgan fingerprint density at radius 2 is 1.70 bits per heavy atom. The summed E-state index contributed by atoms with van der Waals surface area (Å²) in [5.41, 5.74) is 1.16. The van der Waals surface area contributed by atoms with E-state index < -0.39 is 10.8 Å². The van der Waals surface area contributed by atoms with Crippen LogP contribution < -0.4 is 5.32 Å². The monoisotopic (exact) mass is 313 g/mol. The lowest BCUT2D eigenvalue weighted by Gasteiger charge is -2.26. The molecule has 0 saturated heterocycles. The van der Waals surface area contributed by atoms with Gasteiger partial charge in [0.2, 0.25) is 5.91 Å². The molecule has 1 fully saturated rings. The highest BCUT2D eigenvalue weighted by Crippen LogP contribution is 2.72. The lowest BCUT2D eigenvalue weighted by atomic mass is 9.75. The van der Waals surface area contributed by atoms with Crippen LogP contribution in [0.3, 0.4) is 0 Å². The van der Waals surface area contributed by atoms with Crippen molar-refractivity contribution in [3.8, 4) is 0 Å². The number of fused-ring (bicyclic) bond motifs is 2. The van der Waals surface area contributed by atoms with Crippen LogP contribution in [0.5, 0.6) is 0 Å². The van der Waals surface area contributed by atoms with Crippen LogP contribution >= 0.6 is 0 Å². The second kappa shape index (κ2) is 4.40. The van der Waals surface area contributed by atoms with E-state index >= 15 is 0 Å². The second-order valence-electron chi connectivity index (χ2n) is 6.86. The van der Waals surface area contributed by atoms with Crippen molar-refractivity contribution >= 4 is 11.6 Å². The van der Waals surface area contributed by atoms with E-state index in [9.17, 15) is 13.6 Å². The minimum atomic E-state index is -0.754. The van der Waals surface area contributed by atoms with Gasteiger partial charge in [0.25, 0.3) is 0 Å². The molecular formula is C19H17F2NO. The first kappa shape index (κ1) is 14.4. The molecule has 1 amide bonds. The molecule has 2 nitrogen and oxygen atoms in total. The Labute approximate surface area is 133 Å². The number of amides is 1. The molecule has 0 radical (unpaired) electrons. The highest BCUT2D eigenvalue weighted by atomic mass is 19.1. The molecule has 1 heterocycles. The molecule has 1 saturated carbocycles. The van der Waals surface area contributed by atoms with Gasteiger partial charge in [0.15, 0.2) is 0 Å². The molecule has 0 aromatic heterocycles. The van der Waals surface area contributed by atoms with E-state index in [1.54, 1.807) is 18.2 Å². The summed E-state index contributed by atoms with van der Waals surface area (Å²) in [5.74, 6) is -0.572. The van der Waals surface area contributed by atoms with Crippen LogP contribution in [0.25, 0.3) is 0 Å². The van der Waals surface area contributed by atoms with Crippen LogP contribution in [0, 0.1) is 17.6 Å². The summed E-state index contributed by atoms with van der Waals surface area (Å²) >= 11 is 0. The molecule has 4 heteroatoms. The fraction of sp³-hybridized carbons (Fsp3) is 0.316. The topological polar surface area (TPSA) is 29.1 Å². The van der Waals surface area contributed by atoms with Crippen molar-refractivity contribution in [3.05, 3.63) is 65.2 Å². The van der Waals surface area contributed by atoms with Crippen molar-refractivity contribution in [2.24, 2.45) is 5.92 Å². The van der Waals surface area contributed by atoms with E-state index in [2.05, 4.69) is 19.2 Å². The first-order valence-corrected chi connectivity index (χ1v) is 7.79. The predicted octanol–water partition coefficient (Wildman–Crippen LogP) is 4.15. The van der Waals surface area contributed by atoms with Gasteiger partial charge in [0, 0.05) is 11.1 Å². The van der Waals surface area contributed by atoms with Crippen molar-refractivity contribution in [1.29, 1.82) is 0 Å². The third kappa shape index (κ3) is 1.64. The van der Waals surface area contributed by atoms with Gasteiger partial charge < -0.3 is 5.32 Å². The van der Waals surface area contributed by atoms with E-state index in [1.807, 2.05) is 0 Å². The number of rotatable bonds is 2. The molecule has 118 valence electrons. The largest absolute Gasteiger partial charge is 0.325 e. The van der Waals surface area contributed by atoms with E-state index in [0.29, 0.717) is 12.1 Å². The Hall–Kier alpha value is -2.23. The summed E-state index contributed by atoms with van der Waals surface area (Å²) in [4.78, 5) is 12.8. The zero-order chi connectivity index (χ0) is 16.4. The number of halogens is 2. The van der Waals surface area contributed by atoms with Gasteiger partial charge >= 0.3 is 0 Å². The maximum absolute atomic E-state index is 13.8. The predicted molar refractivity (Wildman–Crippen MR) is 84.2 cm³/mol. The minimum absolute atomic E-state index is 0.0869. The normalized spacial score (nSPS) is 28.1. The maximum atomic E-state index is 13.8. The van der Waals surface area contributed by atoms with E-state index in [4.69, 9.17) is 0 Å². The standard InChI is InChI=1S/C19H17F2NO/c1-11(2)18(12-3-5-13(20)6-4-12)10-19(18)15-9-14(21)7-8-16(15)22-17(19)23/h3-9,11H,10H2,1-2H3,(H,22,23)/t18-,19-/m1/s1. The summed E-state index contributed by atoms with van der Waals surface area (Å²) in [6.45, 7) is 4.12. The number of hydrogen-bond donors (Lipinski definition) is 1. The second-order valence-corrected chi connectivity index (χ2v) is 6.86. The number of carbonyl (C=O) groups is 1. The number of nitrogens with one attached hydrogen (secondary N) is 1. The van der Waals surface area contributed by atoms with Gasteiger partial charge in [-0.05, 0) is 53.8 Å². The van der Waals surface area contributed by atoms with Crippen LogP contribution in [0.2, 0.25) is 0 Å². The SMILES string of the molecule is CC(C)[C@@]1(c2ccc(F)cc2)C[C@@]12C(=O)Nc1ccc(F)cc12. The summed E-state index contributed by atoms with van der Waals surface area (Å²) in [6.07, 6.45) is 0.617. The fourth-order valence-electron chi connectivity index (χ4n) is 4.45. The number of carbonyl (C=O) groups excluding carboxylic acids is 1. The van der Waals surface area contributed by atoms with Gasteiger partial charge in [-0.15, -0.1) is 0 Å². The van der Waals surface area contributed by atoms with Gasteiger partial charge in [-0.1, -0.05) is 26.0 Å². The number of anilines is 1. The molecule has 1 aliphatic heterocycles. The Bertz CT molecular complexity index is 815. The van der Waals surface area contributed by atoms with Gasteiger partial charge in [-0.25, -0.2) is 8.78 Å². The van der Waals surface area contributed by atoms with Gasteiger partial charge in [-0.2, -0.15) is 0 Å². The molecule has 2 aliphatic rings. The fourth-order valence-corrected chi connectivity index (χ4v) is 4.45. The molecule has 0 unspecified atom stereocenters. The summed E-state index contributed by atoms with van der Waals surface area (Å²) in [5, 5.41) is 2.89. The van der Waals surface area contributed by atoms with Crippen LogP contribution in [-0.4, -0.2) is 5.91 Å². The molecule has 0 bridgehead atoms. The smallest absolute Gasteiger partial charge is 0.236 e. The summed E-state index contributed by atoms with van der Waals surface area (Å²) in [6, 6.07) is 10.8. The molecule has 23 heavy (non-hydrogen) atoms. The Morgan fingerprint density at radius 1 is 1.04 bits per heavy atom. The zero-order valence-electron chi connectivity index (χ0n) is 13.0. The molecule has 4 rings (SSSR count). The zero-order valence-corrected chi connectivity index (χ0v) is 13.0. The van der Waals surface area contributed by atoms with E-state index in [-0.39, 0.29) is 23.5 Å². The molecule has 2 atom stereocenters. The van der Waals surface area contributed by atoms with Crippen LogP contribution in [0.15, 0.2) is 42.5 Å². The first-order valence-electron chi connectivity index (χ1n) is 7.79. The third-order valence-corrected chi connectivity index (χ3v) is 5.60. The molecular weight excluding hydrogens is 296 g/mol. The third-order valence-electron chi connectivity index (χ3n) is 5.60. The highest BCUT2D eigenvalue weighted by molar-refractivity contribution is 6.10. The Balaban J connectivity index is 1.92. The van der Waals surface area contributed by atoms with Crippen molar-refractivity contribution in [2.75, 3.05) is 5.32 Å². The maximum Gasteiger partial charge on any atom is 0.236 e. The summed E-state index contributed by atoms with van der Waals surface area (Å²) in [7, 11) is 0. The lowest BCUT2D eigenvalue weighted by Crippen LogP contribution is -2.33. The lowest BCUT2D eigenvalue weighted by molar-refractivity contribution is -0.118. The van der Waals surface area contributed by atoms with Crippen LogP contribution in [0.4, 0.5) is 14.5 Å². The van der Waals surface area contributed by atoms with Gasteiger partial charge in [0.1, 0.15) is 11.6 Å². The van der Waals surface area contributed by atoms with E-state index in [0.717, 1.165) is 11.1 Å². The van der Waals surface area contributed by atoms with Crippen molar-refractivity contribution in [1.82, 2.24) is 0 Å². The average molecular weight is 313 g/mol. The van der Waals surface area contributed by atoms with Crippen molar-refractivity contribution in [3.63, 3.8) is 0 Å². The quantitative estimate of drug-likeness (QED) is 0.886. The number of hydrogen-bond acceptors (Lipinski definition) is 1. The minimum Gasteiger partial charge on any atom is -0.325 e. The van der Waals surface area contributed by atoms with Crippen LogP contribution in [-0.2, 0) is 15.6 Å². The number of benzene rings is 2. The molecule has 1 aliphatic carbocycles. The van der Waals surface area contributed by atoms with E-state index in [1.165, 1.54) is 24.3 Å². The van der Waals surface area contributed by atoms with Crippen molar-refractivity contribution in [2.45, 2.75) is 31.1 Å². The average Bonchev–Trinajstić information content (AvgIpc) is 3.15. The molecule has 1 N–H and O–H groups in total. The van der Waals surface area contributed by atoms with Gasteiger partial charge in [-0.3, -0.25) is 4.79 Å². The summed E-state index contributed by atoms with van der Waals surface area (Å²) < 4.78 is 27.1. The molecule has 2 aromatic carbocycles. The van der Waals surface area contributed by atoms with Crippen molar-refractivity contribution < 1.29 is 13.6 Å². The van der Waals surface area contributed by atoms with Gasteiger partial charge in [0.05, 0.1) is 5.41 Å². The molecule has 1 spiro atoms.